The lowest BCUT2D eigenvalue weighted by Crippen LogP contribution is -2.08. The molecule has 2 aromatic rings. The van der Waals surface area contributed by atoms with Gasteiger partial charge in [0, 0.05) is 0 Å². The number of hydrogen-bond donors (Lipinski definition) is 2. The number of nitrogens with zero attached hydrogens (tertiary/aromatic N) is 2. The average molecular weight is 227 g/mol. The van der Waals surface area contributed by atoms with E-state index < -0.39 is 0 Å². The average Bonchev–Trinajstić information content (AvgIpc) is 2.65. The van der Waals surface area contributed by atoms with Crippen molar-refractivity contribution in [3.63, 3.8) is 0 Å². The van der Waals surface area contributed by atoms with Gasteiger partial charge in [0.25, 0.3) is 0 Å². The largest absolute Gasteiger partial charge is 0.307 e. The molecule has 3 N–H and O–H groups in total. The Balaban J connectivity index is 2.33. The van der Waals surface area contributed by atoms with Crippen molar-refractivity contribution in [2.24, 2.45) is 5.84 Å². The van der Waals surface area contributed by atoms with Gasteiger partial charge in [0.15, 0.2) is 5.82 Å². The van der Waals surface area contributed by atoms with E-state index in [-0.39, 0.29) is 0 Å². The first-order valence-corrected chi connectivity index (χ1v) is 5.05. The standard InChI is InChI=1S/C8H7ClN4S/c9-7-3-2-6(14-7)5-1-4-8(11-10)13-12-5/h1-4H,10H2,(H,11,13). The second-order valence-electron chi connectivity index (χ2n) is 2.55. The monoisotopic (exact) mass is 226 g/mol. The van der Waals surface area contributed by atoms with Crippen LogP contribution in [0.5, 0.6) is 0 Å². The minimum Gasteiger partial charge on any atom is -0.307 e. The summed E-state index contributed by atoms with van der Waals surface area (Å²) < 4.78 is 0.739. The van der Waals surface area contributed by atoms with Gasteiger partial charge in [-0.15, -0.1) is 21.5 Å². The molecule has 14 heavy (non-hydrogen) atoms. The van der Waals surface area contributed by atoms with Gasteiger partial charge in [-0.25, -0.2) is 5.84 Å². The molecule has 0 aliphatic rings. The van der Waals surface area contributed by atoms with Crippen LogP contribution in [0.3, 0.4) is 0 Å². The zero-order chi connectivity index (χ0) is 9.97. The van der Waals surface area contributed by atoms with Gasteiger partial charge in [-0.05, 0) is 24.3 Å². The van der Waals surface area contributed by atoms with Crippen molar-refractivity contribution in [1.82, 2.24) is 10.2 Å². The van der Waals surface area contributed by atoms with E-state index in [2.05, 4.69) is 15.6 Å². The van der Waals surface area contributed by atoms with Crippen LogP contribution in [0.25, 0.3) is 10.6 Å². The number of thiophene rings is 1. The van der Waals surface area contributed by atoms with Crippen molar-refractivity contribution in [3.05, 3.63) is 28.6 Å². The molecule has 2 heterocycles. The zero-order valence-electron chi connectivity index (χ0n) is 7.07. The minimum atomic E-state index is 0.538. The summed E-state index contributed by atoms with van der Waals surface area (Å²) >= 11 is 7.27. The third-order valence-electron chi connectivity index (χ3n) is 1.64. The molecule has 0 aliphatic carbocycles. The number of anilines is 1. The number of aromatic nitrogens is 2. The van der Waals surface area contributed by atoms with E-state index in [0.29, 0.717) is 5.82 Å². The number of nitrogens with two attached hydrogens (primary N) is 1. The van der Waals surface area contributed by atoms with Crippen LogP contribution in [0.1, 0.15) is 0 Å². The number of hydrogen-bond acceptors (Lipinski definition) is 5. The van der Waals surface area contributed by atoms with E-state index in [0.717, 1.165) is 14.9 Å². The number of rotatable bonds is 2. The molecule has 6 heteroatoms. The van der Waals surface area contributed by atoms with Gasteiger partial charge >= 0.3 is 0 Å². The molecule has 0 bridgehead atoms. The third-order valence-corrected chi connectivity index (χ3v) is 2.89. The topological polar surface area (TPSA) is 63.8 Å². The van der Waals surface area contributed by atoms with Crippen LogP contribution in [0, 0.1) is 0 Å². The van der Waals surface area contributed by atoms with E-state index in [9.17, 15) is 0 Å². The summed E-state index contributed by atoms with van der Waals surface area (Å²) in [6.45, 7) is 0. The quantitative estimate of drug-likeness (QED) is 0.608. The Morgan fingerprint density at radius 1 is 1.21 bits per heavy atom. The van der Waals surface area contributed by atoms with Crippen molar-refractivity contribution in [1.29, 1.82) is 0 Å². The highest BCUT2D eigenvalue weighted by molar-refractivity contribution is 7.19. The SMILES string of the molecule is NNc1ccc(-c2ccc(Cl)s2)nn1. The predicted octanol–water partition coefficient (Wildman–Crippen LogP) is 2.14. The van der Waals surface area contributed by atoms with Crippen LogP contribution in [-0.2, 0) is 0 Å². The Labute approximate surface area is 89.7 Å². The molecule has 0 fully saturated rings. The summed E-state index contributed by atoms with van der Waals surface area (Å²) in [4.78, 5) is 0.992. The normalized spacial score (nSPS) is 10.1. The highest BCUT2D eigenvalue weighted by atomic mass is 35.5. The number of halogens is 1. The molecular formula is C8H7ClN4S. The third kappa shape index (κ3) is 1.84. The molecule has 2 rings (SSSR count). The van der Waals surface area contributed by atoms with Gasteiger partial charge in [-0.1, -0.05) is 11.6 Å². The first-order valence-electron chi connectivity index (χ1n) is 3.85. The molecule has 0 saturated carbocycles. The molecule has 0 amide bonds. The number of hydrazine groups is 1. The van der Waals surface area contributed by atoms with Gasteiger partial charge in [0.05, 0.1) is 9.21 Å². The number of nitrogen functional groups attached to an aromatic ring is 1. The first-order chi connectivity index (χ1) is 6.79. The van der Waals surface area contributed by atoms with Gasteiger partial charge in [-0.3, -0.25) is 0 Å². The second-order valence-corrected chi connectivity index (χ2v) is 4.27. The molecule has 2 aromatic heterocycles. The molecule has 0 radical (unpaired) electrons. The van der Waals surface area contributed by atoms with Crippen molar-refractivity contribution >= 4 is 28.8 Å². The predicted molar refractivity (Wildman–Crippen MR) is 58.2 cm³/mol. The fourth-order valence-corrected chi connectivity index (χ4v) is 2.00. The summed E-state index contributed by atoms with van der Waals surface area (Å²) in [7, 11) is 0. The Hall–Kier alpha value is -1.17. The van der Waals surface area contributed by atoms with Crippen molar-refractivity contribution in [2.75, 3.05) is 5.43 Å². The Bertz CT molecular complexity index is 425. The summed E-state index contributed by atoms with van der Waals surface area (Å²) in [5.41, 5.74) is 3.21. The number of nitrogens with one attached hydrogen (secondary N) is 1. The summed E-state index contributed by atoms with van der Waals surface area (Å²) in [6, 6.07) is 7.34. The maximum absolute atomic E-state index is 5.81. The fraction of sp³-hybridized carbons (Fsp3) is 0. The second kappa shape index (κ2) is 3.91. The molecule has 4 nitrogen and oxygen atoms in total. The van der Waals surface area contributed by atoms with Crippen molar-refractivity contribution < 1.29 is 0 Å². The maximum atomic E-state index is 5.81. The maximum Gasteiger partial charge on any atom is 0.162 e. The zero-order valence-corrected chi connectivity index (χ0v) is 8.64. The Morgan fingerprint density at radius 3 is 2.57 bits per heavy atom. The van der Waals surface area contributed by atoms with Crippen LogP contribution in [0.4, 0.5) is 5.82 Å². The first kappa shape index (κ1) is 9.39. The van der Waals surface area contributed by atoms with Gasteiger partial charge < -0.3 is 5.43 Å². The van der Waals surface area contributed by atoms with Crippen LogP contribution in [-0.4, -0.2) is 10.2 Å². The highest BCUT2D eigenvalue weighted by Crippen LogP contribution is 2.29. The molecule has 0 unspecified atom stereocenters. The lowest BCUT2D eigenvalue weighted by atomic mass is 10.3. The van der Waals surface area contributed by atoms with Crippen molar-refractivity contribution in [3.8, 4) is 10.6 Å². The highest BCUT2D eigenvalue weighted by Gasteiger charge is 2.03. The van der Waals surface area contributed by atoms with Crippen LogP contribution in [0.2, 0.25) is 4.34 Å². The summed E-state index contributed by atoms with van der Waals surface area (Å²) in [6.07, 6.45) is 0. The van der Waals surface area contributed by atoms with Crippen molar-refractivity contribution in [2.45, 2.75) is 0 Å². The van der Waals surface area contributed by atoms with Gasteiger partial charge in [-0.2, -0.15) is 0 Å². The minimum absolute atomic E-state index is 0.538. The van der Waals surface area contributed by atoms with E-state index in [4.69, 9.17) is 17.4 Å². The van der Waals surface area contributed by atoms with E-state index in [1.807, 2.05) is 18.2 Å². The molecule has 0 saturated heterocycles. The van der Waals surface area contributed by atoms with E-state index in [1.54, 1.807) is 6.07 Å². The van der Waals surface area contributed by atoms with Crippen LogP contribution < -0.4 is 11.3 Å². The van der Waals surface area contributed by atoms with Gasteiger partial charge in [0.1, 0.15) is 5.69 Å². The van der Waals surface area contributed by atoms with E-state index in [1.165, 1.54) is 11.3 Å². The molecule has 0 aromatic carbocycles. The molecule has 0 spiro atoms. The van der Waals surface area contributed by atoms with Crippen LogP contribution >= 0.6 is 22.9 Å². The molecule has 0 aliphatic heterocycles. The Kier molecular flexibility index (Phi) is 2.62. The molecule has 0 atom stereocenters. The van der Waals surface area contributed by atoms with E-state index >= 15 is 0 Å². The molecule has 72 valence electrons. The smallest absolute Gasteiger partial charge is 0.162 e. The van der Waals surface area contributed by atoms with Gasteiger partial charge in [0.2, 0.25) is 0 Å². The fourth-order valence-electron chi connectivity index (χ4n) is 0.993. The lowest BCUT2D eigenvalue weighted by Gasteiger charge is -1.98. The summed E-state index contributed by atoms with van der Waals surface area (Å²) in [5, 5.41) is 7.85. The summed E-state index contributed by atoms with van der Waals surface area (Å²) in [5.74, 6) is 5.71. The lowest BCUT2D eigenvalue weighted by molar-refractivity contribution is 1.03. The van der Waals surface area contributed by atoms with Crippen LogP contribution in [0.15, 0.2) is 24.3 Å². The molecular weight excluding hydrogens is 220 g/mol. The Morgan fingerprint density at radius 2 is 2.07 bits per heavy atom.